The smallest absolute Gasteiger partial charge is 0.390 e. The van der Waals surface area contributed by atoms with Crippen LogP contribution in [0.3, 0.4) is 0 Å². The minimum Gasteiger partial charge on any atom is -0.390 e. The fourth-order valence-corrected chi connectivity index (χ4v) is 9.37. The van der Waals surface area contributed by atoms with Crippen LogP contribution in [0.2, 0.25) is 0 Å². The molecule has 4 aliphatic heterocycles. The first-order valence-electron chi connectivity index (χ1n) is 16.8. The zero-order chi connectivity index (χ0) is 35.1. The van der Waals surface area contributed by atoms with Crippen LogP contribution in [0.4, 0.5) is 22.0 Å². The Hall–Kier alpha value is -2.31. The van der Waals surface area contributed by atoms with Gasteiger partial charge in [-0.1, -0.05) is 6.07 Å². The van der Waals surface area contributed by atoms with Gasteiger partial charge in [0.05, 0.1) is 36.7 Å². The number of carbonyl (C=O) groups excluding carboxylic acids is 1. The van der Waals surface area contributed by atoms with Gasteiger partial charge in [0.1, 0.15) is 0 Å². The van der Waals surface area contributed by atoms with E-state index in [0.29, 0.717) is 36.2 Å². The average molecular weight is 735 g/mol. The number of aliphatic hydroxyl groups is 1. The molecule has 1 atom stereocenters. The lowest BCUT2D eigenvalue weighted by Crippen LogP contribution is -2.47. The molecule has 17 heteroatoms. The number of aromatic nitrogens is 2. The highest BCUT2D eigenvalue weighted by atomic mass is 32.2. The molecule has 1 unspecified atom stereocenters. The van der Waals surface area contributed by atoms with Crippen molar-refractivity contribution >= 4 is 27.7 Å². The third kappa shape index (κ3) is 8.60. The number of carbonyl (C=O) groups is 1. The molecule has 5 heterocycles. The molecule has 0 aliphatic carbocycles. The molecule has 1 amide bonds. The van der Waals surface area contributed by atoms with Crippen LogP contribution in [0.15, 0.2) is 23.1 Å². The van der Waals surface area contributed by atoms with Gasteiger partial charge in [0.25, 0.3) is 5.92 Å². The van der Waals surface area contributed by atoms with E-state index in [2.05, 4.69) is 4.90 Å². The monoisotopic (exact) mass is 734 g/mol. The van der Waals surface area contributed by atoms with Crippen LogP contribution < -0.4 is 0 Å². The predicted molar refractivity (Wildman–Crippen MR) is 175 cm³/mol. The van der Waals surface area contributed by atoms with Gasteiger partial charge in [-0.2, -0.15) is 22.6 Å². The second-order valence-corrected chi connectivity index (χ2v) is 16.7. The van der Waals surface area contributed by atoms with E-state index >= 15 is 0 Å². The van der Waals surface area contributed by atoms with E-state index in [4.69, 9.17) is 5.10 Å². The third-order valence-corrected chi connectivity index (χ3v) is 12.3. The number of thioether (sulfide) groups is 1. The number of halogens is 5. The van der Waals surface area contributed by atoms with Crippen LogP contribution in [0.1, 0.15) is 48.9 Å². The van der Waals surface area contributed by atoms with E-state index in [0.717, 1.165) is 68.7 Å². The van der Waals surface area contributed by atoms with Gasteiger partial charge < -0.3 is 14.9 Å². The maximum absolute atomic E-state index is 14.1. The summed E-state index contributed by atoms with van der Waals surface area (Å²) in [4.78, 5) is 17.8. The molecule has 0 saturated carbocycles. The zero-order valence-electron chi connectivity index (χ0n) is 27.5. The lowest BCUT2D eigenvalue weighted by molar-refractivity contribution is -0.139. The lowest BCUT2D eigenvalue weighted by atomic mass is 10.0. The molecule has 1 N–H and O–H groups in total. The first-order valence-corrected chi connectivity index (χ1v) is 19.6. The van der Waals surface area contributed by atoms with Crippen molar-refractivity contribution in [3.8, 4) is 11.3 Å². The van der Waals surface area contributed by atoms with Gasteiger partial charge >= 0.3 is 6.18 Å². The van der Waals surface area contributed by atoms with E-state index in [1.165, 1.54) is 16.4 Å². The summed E-state index contributed by atoms with van der Waals surface area (Å²) in [5.41, 5.74) is 1.19. The highest BCUT2D eigenvalue weighted by molar-refractivity contribution is 7.99. The SMILES string of the molecule is CS(=O)(=O)N1CCc2c(c(-c3ccc(C(F)(F)F)c(SCCN4CCC(F)(F)C4)c3)nn2CC(O)CN2CCC(N3CCCC3=O)CC2)C1. The number of sulfonamides is 1. The normalized spacial score (nSPS) is 22.3. The van der Waals surface area contributed by atoms with Crippen molar-refractivity contribution in [2.45, 2.75) is 80.8 Å². The van der Waals surface area contributed by atoms with Crippen molar-refractivity contribution in [2.24, 2.45) is 0 Å². The molecule has 2 aromatic rings. The number of amides is 1. The molecule has 49 heavy (non-hydrogen) atoms. The van der Waals surface area contributed by atoms with E-state index in [9.17, 15) is 40.3 Å². The van der Waals surface area contributed by atoms with Gasteiger partial charge in [-0.15, -0.1) is 11.8 Å². The minimum absolute atomic E-state index is 0.00496. The summed E-state index contributed by atoms with van der Waals surface area (Å²) >= 11 is 0.942. The molecule has 1 aromatic carbocycles. The van der Waals surface area contributed by atoms with E-state index in [-0.39, 0.29) is 61.7 Å². The van der Waals surface area contributed by atoms with E-state index in [1.807, 2.05) is 4.90 Å². The van der Waals surface area contributed by atoms with Crippen molar-refractivity contribution in [3.63, 3.8) is 0 Å². The Morgan fingerprint density at radius 3 is 2.45 bits per heavy atom. The molecule has 3 fully saturated rings. The Bertz CT molecular complexity index is 1630. The number of nitrogens with zero attached hydrogens (tertiary/aromatic N) is 6. The Morgan fingerprint density at radius 2 is 1.82 bits per heavy atom. The lowest BCUT2D eigenvalue weighted by Gasteiger charge is -2.37. The number of aliphatic hydroxyl groups excluding tert-OH is 1. The van der Waals surface area contributed by atoms with Crippen LogP contribution in [-0.4, -0.2) is 131 Å². The number of rotatable bonds is 11. The second kappa shape index (κ2) is 14.4. The molecule has 3 saturated heterocycles. The number of benzene rings is 1. The third-order valence-electron chi connectivity index (χ3n) is 10.0. The molecule has 4 aliphatic rings. The summed E-state index contributed by atoms with van der Waals surface area (Å²) in [7, 11) is -3.57. The Kier molecular flexibility index (Phi) is 10.7. The number of β-amino-alcohol motifs (C(OH)–C–C–N with tert-alkyl or cyclic N) is 1. The Labute approximate surface area is 287 Å². The zero-order valence-corrected chi connectivity index (χ0v) is 29.1. The molecule has 6 rings (SSSR count). The Balaban J connectivity index is 1.20. The van der Waals surface area contributed by atoms with Crippen molar-refractivity contribution in [2.75, 3.05) is 64.4 Å². The van der Waals surface area contributed by atoms with Crippen molar-refractivity contribution < 1.29 is 40.3 Å². The number of piperidine rings is 1. The van der Waals surface area contributed by atoms with Crippen molar-refractivity contribution in [1.29, 1.82) is 0 Å². The van der Waals surface area contributed by atoms with Crippen molar-refractivity contribution in [3.05, 3.63) is 35.0 Å². The molecule has 0 radical (unpaired) electrons. The first kappa shape index (κ1) is 36.5. The van der Waals surface area contributed by atoms with Crippen LogP contribution in [0.25, 0.3) is 11.3 Å². The first-order chi connectivity index (χ1) is 23.1. The summed E-state index contributed by atoms with van der Waals surface area (Å²) in [6.07, 6.45) is -1.13. The predicted octanol–water partition coefficient (Wildman–Crippen LogP) is 3.77. The van der Waals surface area contributed by atoms with Gasteiger partial charge in [-0.3, -0.25) is 14.4 Å². The number of alkyl halides is 5. The number of likely N-dealkylation sites (tertiary alicyclic amines) is 3. The standard InChI is InChI=1S/C32H43F5N6O4S2/c1-49(46,47)41-13-8-27-25(20-41)30(38-43(27)19-24(44)18-39-11-6-23(7-12-39)42-10-2-3-29(42)45)22-4-5-26(32(35,36)37)28(17-22)48-16-15-40-14-9-31(33,34)21-40/h4-5,17,23-24,44H,2-3,6-16,18-21H2,1H3. The van der Waals surface area contributed by atoms with Crippen LogP contribution in [-0.2, 0) is 40.5 Å². The number of fused-ring (bicyclic) bond motifs is 1. The molecule has 1 aromatic heterocycles. The highest BCUT2D eigenvalue weighted by Crippen LogP contribution is 2.40. The van der Waals surface area contributed by atoms with Crippen LogP contribution in [0, 0.1) is 0 Å². The number of hydrogen-bond acceptors (Lipinski definition) is 8. The molecule has 0 spiro atoms. The topological polar surface area (TPSA) is 102 Å². The average Bonchev–Trinajstić information content (AvgIpc) is 3.72. The van der Waals surface area contributed by atoms with Crippen LogP contribution >= 0.6 is 11.8 Å². The van der Waals surface area contributed by atoms with E-state index < -0.39 is 40.3 Å². The van der Waals surface area contributed by atoms with Gasteiger partial charge in [0, 0.05) is 105 Å². The maximum atomic E-state index is 14.1. The van der Waals surface area contributed by atoms with Gasteiger partial charge in [-0.05, 0) is 31.4 Å². The quantitative estimate of drug-likeness (QED) is 0.275. The maximum Gasteiger partial charge on any atom is 0.417 e. The van der Waals surface area contributed by atoms with Crippen molar-refractivity contribution in [1.82, 2.24) is 28.8 Å². The van der Waals surface area contributed by atoms with Crippen LogP contribution in [0.5, 0.6) is 0 Å². The fourth-order valence-electron chi connectivity index (χ4n) is 7.46. The summed E-state index contributed by atoms with van der Waals surface area (Å²) < 4.78 is 97.4. The largest absolute Gasteiger partial charge is 0.417 e. The van der Waals surface area contributed by atoms with Gasteiger partial charge in [-0.25, -0.2) is 17.2 Å². The summed E-state index contributed by atoms with van der Waals surface area (Å²) in [5, 5.41) is 15.9. The van der Waals surface area contributed by atoms with Gasteiger partial charge in [0.15, 0.2) is 0 Å². The molecular formula is C32H43F5N6O4S2. The van der Waals surface area contributed by atoms with Gasteiger partial charge in [0.2, 0.25) is 15.9 Å². The fraction of sp³-hybridized carbons (Fsp3) is 0.688. The second-order valence-electron chi connectivity index (χ2n) is 13.6. The molecular weight excluding hydrogens is 692 g/mol. The molecule has 10 nitrogen and oxygen atoms in total. The summed E-state index contributed by atoms with van der Waals surface area (Å²) in [5.74, 6) is -2.41. The highest BCUT2D eigenvalue weighted by Gasteiger charge is 2.39. The Morgan fingerprint density at radius 1 is 1.06 bits per heavy atom. The molecule has 272 valence electrons. The summed E-state index contributed by atoms with van der Waals surface area (Å²) in [6, 6.07) is 3.92. The van der Waals surface area contributed by atoms with E-state index in [1.54, 1.807) is 9.58 Å². The summed E-state index contributed by atoms with van der Waals surface area (Å²) in [6.45, 7) is 2.96. The number of hydrogen-bond donors (Lipinski definition) is 1. The minimum atomic E-state index is -4.64. The molecule has 0 bridgehead atoms.